The number of carbonyl (C=O) groups excluding carboxylic acids is 1. The van der Waals surface area contributed by atoms with Crippen LogP contribution in [0.25, 0.3) is 5.57 Å². The van der Waals surface area contributed by atoms with Crippen LogP contribution in [-0.2, 0) is 9.53 Å². The van der Waals surface area contributed by atoms with Crippen LogP contribution in [-0.4, -0.2) is 13.1 Å². The maximum absolute atomic E-state index is 11.6. The van der Waals surface area contributed by atoms with E-state index in [9.17, 15) is 4.79 Å². The first-order valence-corrected chi connectivity index (χ1v) is 10.3. The van der Waals surface area contributed by atoms with Crippen LogP contribution in [0.2, 0.25) is 0 Å². The highest BCUT2D eigenvalue weighted by Crippen LogP contribution is 2.29. The van der Waals surface area contributed by atoms with Gasteiger partial charge in [0.25, 0.3) is 0 Å². The quantitative estimate of drug-likeness (QED) is 0.163. The second kappa shape index (κ2) is 14.4. The molecule has 0 atom stereocenters. The predicted octanol–water partition coefficient (Wildman–Crippen LogP) is 7.11. The zero-order valence-electron chi connectivity index (χ0n) is 16.9. The molecule has 0 aliphatic rings. The van der Waals surface area contributed by atoms with E-state index in [-0.39, 0.29) is 5.97 Å². The lowest BCUT2D eigenvalue weighted by Gasteiger charge is -2.14. The lowest BCUT2D eigenvalue weighted by Crippen LogP contribution is -1.97. The molecule has 0 aromatic heterocycles. The molecule has 26 heavy (non-hydrogen) atoms. The summed E-state index contributed by atoms with van der Waals surface area (Å²) in [6.07, 6.45) is 15.5. The Balaban J connectivity index is 3.06. The van der Waals surface area contributed by atoms with Gasteiger partial charge in [0.05, 0.1) is 7.11 Å². The van der Waals surface area contributed by atoms with Gasteiger partial charge in [0, 0.05) is 6.08 Å². The topological polar surface area (TPSA) is 26.3 Å². The highest BCUT2D eigenvalue weighted by Gasteiger charge is 2.08. The predicted molar refractivity (Wildman–Crippen MR) is 112 cm³/mol. The van der Waals surface area contributed by atoms with Gasteiger partial charge in [0.15, 0.2) is 0 Å². The van der Waals surface area contributed by atoms with Crippen LogP contribution in [0.4, 0.5) is 0 Å². The van der Waals surface area contributed by atoms with E-state index in [1.54, 1.807) is 6.08 Å². The SMILES string of the molecule is CCCCCCC(/C=C/C(=O)OC)=C(\CCCCCC)c1ccccc1. The van der Waals surface area contributed by atoms with E-state index in [1.807, 2.05) is 6.08 Å². The molecule has 2 heteroatoms. The van der Waals surface area contributed by atoms with Crippen molar-refractivity contribution >= 4 is 11.5 Å². The summed E-state index contributed by atoms with van der Waals surface area (Å²) in [5.41, 5.74) is 3.96. The first-order chi connectivity index (χ1) is 12.7. The minimum Gasteiger partial charge on any atom is -0.466 e. The van der Waals surface area contributed by atoms with Crippen molar-refractivity contribution in [1.29, 1.82) is 0 Å². The van der Waals surface area contributed by atoms with Crippen molar-refractivity contribution in [2.75, 3.05) is 7.11 Å². The van der Waals surface area contributed by atoms with E-state index in [1.165, 1.54) is 75.2 Å². The lowest BCUT2D eigenvalue weighted by molar-refractivity contribution is -0.134. The van der Waals surface area contributed by atoms with E-state index < -0.39 is 0 Å². The molecule has 0 heterocycles. The molecule has 0 N–H and O–H groups in total. The molecule has 1 aromatic rings. The van der Waals surface area contributed by atoms with Crippen LogP contribution >= 0.6 is 0 Å². The Morgan fingerprint density at radius 2 is 1.46 bits per heavy atom. The van der Waals surface area contributed by atoms with Gasteiger partial charge in [-0.05, 0) is 42.4 Å². The van der Waals surface area contributed by atoms with Crippen molar-refractivity contribution in [3.8, 4) is 0 Å². The van der Waals surface area contributed by atoms with Crippen LogP contribution < -0.4 is 0 Å². The molecule has 0 fully saturated rings. The van der Waals surface area contributed by atoms with Crippen molar-refractivity contribution in [2.24, 2.45) is 0 Å². The fourth-order valence-corrected chi connectivity index (χ4v) is 3.17. The summed E-state index contributed by atoms with van der Waals surface area (Å²) in [6.45, 7) is 4.48. The van der Waals surface area contributed by atoms with Gasteiger partial charge in [-0.3, -0.25) is 0 Å². The third-order valence-corrected chi connectivity index (χ3v) is 4.71. The Bertz CT molecular complexity index is 555. The fourth-order valence-electron chi connectivity index (χ4n) is 3.17. The van der Waals surface area contributed by atoms with Gasteiger partial charge in [-0.15, -0.1) is 0 Å². The van der Waals surface area contributed by atoms with E-state index in [0.29, 0.717) is 0 Å². The van der Waals surface area contributed by atoms with Gasteiger partial charge < -0.3 is 4.74 Å². The number of rotatable bonds is 13. The number of unbranched alkanes of at least 4 members (excludes halogenated alkanes) is 6. The van der Waals surface area contributed by atoms with Gasteiger partial charge in [-0.25, -0.2) is 4.79 Å². The molecule has 0 saturated carbocycles. The average molecular weight is 357 g/mol. The molecule has 0 amide bonds. The van der Waals surface area contributed by atoms with Crippen molar-refractivity contribution in [2.45, 2.75) is 78.1 Å². The maximum atomic E-state index is 11.6. The van der Waals surface area contributed by atoms with Crippen LogP contribution in [0.3, 0.4) is 0 Å². The van der Waals surface area contributed by atoms with Crippen molar-refractivity contribution in [3.63, 3.8) is 0 Å². The Hall–Kier alpha value is -1.83. The largest absolute Gasteiger partial charge is 0.466 e. The number of ether oxygens (including phenoxy) is 1. The van der Waals surface area contributed by atoms with Gasteiger partial charge in [-0.1, -0.05) is 88.8 Å². The molecule has 0 saturated heterocycles. The molecule has 0 spiro atoms. The third kappa shape index (κ3) is 9.03. The van der Waals surface area contributed by atoms with E-state index in [4.69, 9.17) is 4.74 Å². The number of hydrogen-bond donors (Lipinski definition) is 0. The van der Waals surface area contributed by atoms with Crippen molar-refractivity contribution in [3.05, 3.63) is 53.6 Å². The second-order valence-corrected chi connectivity index (χ2v) is 6.85. The van der Waals surface area contributed by atoms with Crippen LogP contribution in [0, 0.1) is 0 Å². The summed E-state index contributed by atoms with van der Waals surface area (Å²) >= 11 is 0. The highest BCUT2D eigenvalue weighted by molar-refractivity contribution is 5.83. The van der Waals surface area contributed by atoms with E-state index >= 15 is 0 Å². The standard InChI is InChI=1S/C24H36O2/c1-4-6-8-11-17-22(19-20-24(25)26-3)23(18-14-9-7-5-2)21-15-12-10-13-16-21/h10,12-13,15-16,19-20H,4-9,11,14,17-18H2,1-3H3/b20-19+,23-22-. The van der Waals surface area contributed by atoms with E-state index in [0.717, 1.165) is 12.8 Å². The molecule has 0 aliphatic heterocycles. The van der Waals surface area contributed by atoms with Crippen LogP contribution in [0.1, 0.15) is 83.6 Å². The zero-order chi connectivity index (χ0) is 19.0. The first kappa shape index (κ1) is 22.2. The summed E-state index contributed by atoms with van der Waals surface area (Å²) in [4.78, 5) is 11.6. The summed E-state index contributed by atoms with van der Waals surface area (Å²) in [5.74, 6) is -0.283. The molecule has 0 radical (unpaired) electrons. The molecule has 1 aromatic carbocycles. The Labute approximate surface area is 160 Å². The molecule has 1 rings (SSSR count). The summed E-state index contributed by atoms with van der Waals surface area (Å²) in [6, 6.07) is 10.6. The number of carbonyl (C=O) groups is 1. The first-order valence-electron chi connectivity index (χ1n) is 10.3. The molecule has 0 bridgehead atoms. The normalized spacial score (nSPS) is 12.3. The number of allylic oxidation sites excluding steroid dienone is 3. The number of esters is 1. The van der Waals surface area contributed by atoms with Crippen LogP contribution in [0.15, 0.2) is 48.1 Å². The molecule has 144 valence electrons. The monoisotopic (exact) mass is 356 g/mol. The molecule has 2 nitrogen and oxygen atoms in total. The summed E-state index contributed by atoms with van der Waals surface area (Å²) in [5, 5.41) is 0. The molecular formula is C24H36O2. The summed E-state index contributed by atoms with van der Waals surface area (Å²) < 4.78 is 4.79. The molecule has 0 aliphatic carbocycles. The van der Waals surface area contributed by atoms with Crippen molar-refractivity contribution in [1.82, 2.24) is 0 Å². The van der Waals surface area contributed by atoms with Gasteiger partial charge in [0.2, 0.25) is 0 Å². The Morgan fingerprint density at radius 3 is 2.04 bits per heavy atom. The van der Waals surface area contributed by atoms with Gasteiger partial charge in [0.1, 0.15) is 0 Å². The zero-order valence-corrected chi connectivity index (χ0v) is 16.9. The van der Waals surface area contributed by atoms with Crippen molar-refractivity contribution < 1.29 is 9.53 Å². The Kier molecular flexibility index (Phi) is 12.3. The third-order valence-electron chi connectivity index (χ3n) is 4.71. The number of hydrogen-bond acceptors (Lipinski definition) is 2. The minimum absolute atomic E-state index is 0.283. The highest BCUT2D eigenvalue weighted by atomic mass is 16.5. The Morgan fingerprint density at radius 1 is 0.846 bits per heavy atom. The summed E-state index contributed by atoms with van der Waals surface area (Å²) in [7, 11) is 1.43. The van der Waals surface area contributed by atoms with E-state index in [2.05, 4.69) is 44.2 Å². The smallest absolute Gasteiger partial charge is 0.330 e. The van der Waals surface area contributed by atoms with Crippen LogP contribution in [0.5, 0.6) is 0 Å². The lowest BCUT2D eigenvalue weighted by atomic mass is 9.91. The van der Waals surface area contributed by atoms with Gasteiger partial charge in [-0.2, -0.15) is 0 Å². The van der Waals surface area contributed by atoms with Gasteiger partial charge >= 0.3 is 5.97 Å². The molecular weight excluding hydrogens is 320 g/mol. The average Bonchev–Trinajstić information content (AvgIpc) is 2.68. The number of methoxy groups -OCH3 is 1. The molecule has 0 unspecified atom stereocenters. The minimum atomic E-state index is -0.283. The fraction of sp³-hybridized carbons (Fsp3) is 0.542. The maximum Gasteiger partial charge on any atom is 0.330 e. The second-order valence-electron chi connectivity index (χ2n) is 6.85. The number of benzene rings is 1.